The maximum Gasteiger partial charge on any atom is 0.168 e. The molecule has 0 N–H and O–H groups in total. The van der Waals surface area contributed by atoms with E-state index in [0.29, 0.717) is 18.6 Å². The molecule has 3 heteroatoms. The molecule has 0 saturated carbocycles. The molecule has 17 heavy (non-hydrogen) atoms. The quantitative estimate of drug-likeness (QED) is 0.761. The van der Waals surface area contributed by atoms with Gasteiger partial charge in [-0.15, -0.1) is 0 Å². The van der Waals surface area contributed by atoms with Crippen LogP contribution in [0.15, 0.2) is 24.3 Å². The Labute approximate surface area is 102 Å². The Hall–Kier alpha value is -1.22. The zero-order valence-electron chi connectivity index (χ0n) is 10.6. The fourth-order valence-electron chi connectivity index (χ4n) is 1.72. The van der Waals surface area contributed by atoms with Gasteiger partial charge in [0.25, 0.3) is 0 Å². The summed E-state index contributed by atoms with van der Waals surface area (Å²) in [6, 6.07) is 6.13. The smallest absolute Gasteiger partial charge is 0.168 e. The first kappa shape index (κ1) is 13.8. The third kappa shape index (κ3) is 3.63. The highest BCUT2D eigenvalue weighted by Gasteiger charge is 2.31. The zero-order chi connectivity index (χ0) is 12.9. The van der Waals surface area contributed by atoms with Gasteiger partial charge in [0, 0.05) is 13.0 Å². The van der Waals surface area contributed by atoms with E-state index in [0.717, 1.165) is 0 Å². The lowest BCUT2D eigenvalue weighted by Crippen LogP contribution is -2.39. The lowest BCUT2D eigenvalue weighted by Gasteiger charge is -2.26. The number of ketones is 1. The van der Waals surface area contributed by atoms with Crippen molar-refractivity contribution in [3.05, 3.63) is 35.6 Å². The van der Waals surface area contributed by atoms with E-state index in [4.69, 9.17) is 4.74 Å². The molecule has 0 aliphatic rings. The number of hydrogen-bond donors (Lipinski definition) is 0. The summed E-state index contributed by atoms with van der Waals surface area (Å²) in [5.74, 6) is -0.322. The number of hydrogen-bond acceptors (Lipinski definition) is 2. The summed E-state index contributed by atoms with van der Waals surface area (Å²) in [5.41, 5.74) is -0.0736. The largest absolute Gasteiger partial charge is 0.368 e. The molecule has 0 aliphatic heterocycles. The second kappa shape index (κ2) is 5.92. The molecular weight excluding hydrogens is 219 g/mol. The van der Waals surface area contributed by atoms with Crippen molar-refractivity contribution in [1.82, 2.24) is 0 Å². The van der Waals surface area contributed by atoms with Gasteiger partial charge >= 0.3 is 0 Å². The lowest BCUT2D eigenvalue weighted by atomic mass is 9.92. The van der Waals surface area contributed by atoms with Gasteiger partial charge in [0.05, 0.1) is 0 Å². The van der Waals surface area contributed by atoms with Crippen molar-refractivity contribution in [2.45, 2.75) is 39.2 Å². The Morgan fingerprint density at radius 1 is 1.41 bits per heavy atom. The van der Waals surface area contributed by atoms with Crippen molar-refractivity contribution in [2.75, 3.05) is 6.61 Å². The Morgan fingerprint density at radius 3 is 2.65 bits per heavy atom. The summed E-state index contributed by atoms with van der Waals surface area (Å²) in [6.45, 7) is 6.07. The SMILES string of the molecule is CCOC(C)(CC)C(=O)Cc1cccc(F)c1. The van der Waals surface area contributed by atoms with Crippen molar-refractivity contribution >= 4 is 5.78 Å². The summed E-state index contributed by atoms with van der Waals surface area (Å²) in [4.78, 5) is 12.1. The Morgan fingerprint density at radius 2 is 2.12 bits per heavy atom. The molecule has 0 amide bonds. The van der Waals surface area contributed by atoms with Crippen LogP contribution in [0.3, 0.4) is 0 Å². The predicted molar refractivity (Wildman–Crippen MR) is 65.4 cm³/mol. The van der Waals surface area contributed by atoms with Gasteiger partial charge in [0.1, 0.15) is 11.4 Å². The average Bonchev–Trinajstić information content (AvgIpc) is 2.29. The van der Waals surface area contributed by atoms with Crippen LogP contribution >= 0.6 is 0 Å². The van der Waals surface area contributed by atoms with E-state index < -0.39 is 5.60 Å². The van der Waals surface area contributed by atoms with Gasteiger partial charge in [0.2, 0.25) is 0 Å². The molecule has 0 fully saturated rings. The molecule has 1 rings (SSSR count). The molecule has 1 unspecified atom stereocenters. The fraction of sp³-hybridized carbons (Fsp3) is 0.500. The normalized spacial score (nSPS) is 14.4. The first-order valence-corrected chi connectivity index (χ1v) is 5.93. The van der Waals surface area contributed by atoms with Crippen LogP contribution in [0.25, 0.3) is 0 Å². The molecule has 0 spiro atoms. The van der Waals surface area contributed by atoms with Crippen LogP contribution in [-0.2, 0) is 16.0 Å². The number of rotatable bonds is 6. The molecule has 2 nitrogen and oxygen atoms in total. The molecule has 0 radical (unpaired) electrons. The van der Waals surface area contributed by atoms with E-state index in [1.165, 1.54) is 12.1 Å². The monoisotopic (exact) mass is 238 g/mol. The van der Waals surface area contributed by atoms with Gasteiger partial charge in [0.15, 0.2) is 5.78 Å². The number of halogens is 1. The van der Waals surface area contributed by atoms with Crippen LogP contribution < -0.4 is 0 Å². The minimum atomic E-state index is -0.763. The van der Waals surface area contributed by atoms with Crippen molar-refractivity contribution in [3.63, 3.8) is 0 Å². The first-order valence-electron chi connectivity index (χ1n) is 5.93. The second-order valence-electron chi connectivity index (χ2n) is 4.25. The van der Waals surface area contributed by atoms with E-state index in [2.05, 4.69) is 0 Å². The van der Waals surface area contributed by atoms with Gasteiger partial charge in [-0.2, -0.15) is 0 Å². The number of Topliss-reactive ketones (excluding diaryl/α,β-unsaturated/α-hetero) is 1. The molecule has 0 heterocycles. The molecule has 0 aromatic heterocycles. The molecule has 94 valence electrons. The third-order valence-corrected chi connectivity index (χ3v) is 2.98. The average molecular weight is 238 g/mol. The zero-order valence-corrected chi connectivity index (χ0v) is 10.6. The standard InChI is InChI=1S/C14H19FO2/c1-4-14(3,17-5-2)13(16)10-11-7-6-8-12(15)9-11/h6-9H,4-5,10H2,1-3H3. The predicted octanol–water partition coefficient (Wildman–Crippen LogP) is 3.14. The molecule has 0 aliphatic carbocycles. The minimum absolute atomic E-state index is 0.00699. The highest BCUT2D eigenvalue weighted by molar-refractivity contribution is 5.88. The van der Waals surface area contributed by atoms with Gasteiger partial charge in [-0.1, -0.05) is 19.1 Å². The van der Waals surface area contributed by atoms with E-state index in [9.17, 15) is 9.18 Å². The summed E-state index contributed by atoms with van der Waals surface area (Å²) in [7, 11) is 0. The van der Waals surface area contributed by atoms with Crippen molar-refractivity contribution in [3.8, 4) is 0 Å². The molecule has 1 aromatic carbocycles. The maximum atomic E-state index is 13.0. The van der Waals surface area contributed by atoms with Crippen LogP contribution in [-0.4, -0.2) is 18.0 Å². The van der Waals surface area contributed by atoms with E-state index >= 15 is 0 Å². The van der Waals surface area contributed by atoms with Crippen LogP contribution in [0.5, 0.6) is 0 Å². The highest BCUT2D eigenvalue weighted by Crippen LogP contribution is 2.19. The van der Waals surface area contributed by atoms with Gasteiger partial charge in [-0.25, -0.2) is 4.39 Å². The van der Waals surface area contributed by atoms with E-state index in [1.807, 2.05) is 13.8 Å². The topological polar surface area (TPSA) is 26.3 Å². The Bertz CT molecular complexity index is 390. The minimum Gasteiger partial charge on any atom is -0.368 e. The van der Waals surface area contributed by atoms with E-state index in [1.54, 1.807) is 19.1 Å². The molecule has 0 saturated heterocycles. The van der Waals surface area contributed by atoms with Crippen LogP contribution in [0, 0.1) is 5.82 Å². The molecule has 1 aromatic rings. The van der Waals surface area contributed by atoms with Gasteiger partial charge < -0.3 is 4.74 Å². The van der Waals surface area contributed by atoms with Crippen molar-refractivity contribution in [2.24, 2.45) is 0 Å². The summed E-state index contributed by atoms with van der Waals surface area (Å²) >= 11 is 0. The molecule has 0 bridgehead atoms. The number of carbonyl (C=O) groups is 1. The van der Waals surface area contributed by atoms with Crippen LogP contribution in [0.4, 0.5) is 4.39 Å². The Balaban J connectivity index is 2.77. The van der Waals surface area contributed by atoms with Gasteiger partial charge in [-0.05, 0) is 38.0 Å². The number of ether oxygens (including phenoxy) is 1. The summed E-state index contributed by atoms with van der Waals surface area (Å²) < 4.78 is 18.5. The van der Waals surface area contributed by atoms with Crippen molar-refractivity contribution < 1.29 is 13.9 Å². The van der Waals surface area contributed by atoms with Gasteiger partial charge in [-0.3, -0.25) is 4.79 Å². The maximum absolute atomic E-state index is 13.0. The number of benzene rings is 1. The highest BCUT2D eigenvalue weighted by atomic mass is 19.1. The second-order valence-corrected chi connectivity index (χ2v) is 4.25. The van der Waals surface area contributed by atoms with E-state index in [-0.39, 0.29) is 18.0 Å². The van der Waals surface area contributed by atoms with Crippen LogP contribution in [0.2, 0.25) is 0 Å². The molecular formula is C14H19FO2. The first-order chi connectivity index (χ1) is 8.01. The summed E-state index contributed by atoms with van der Waals surface area (Å²) in [6.07, 6.45) is 0.830. The fourth-order valence-corrected chi connectivity index (χ4v) is 1.72. The third-order valence-electron chi connectivity index (χ3n) is 2.98. The lowest BCUT2D eigenvalue weighted by molar-refractivity contribution is -0.141. The molecule has 1 atom stereocenters. The van der Waals surface area contributed by atoms with Crippen LogP contribution in [0.1, 0.15) is 32.8 Å². The number of carbonyl (C=O) groups excluding carboxylic acids is 1. The van der Waals surface area contributed by atoms with Crippen molar-refractivity contribution in [1.29, 1.82) is 0 Å². The summed E-state index contributed by atoms with van der Waals surface area (Å²) in [5, 5.41) is 0. The Kier molecular flexibility index (Phi) is 4.82.